The van der Waals surface area contributed by atoms with Crippen molar-refractivity contribution in [2.45, 2.75) is 0 Å². The smallest absolute Gasteiger partial charge is 0.261 e. The number of amides is 2. The van der Waals surface area contributed by atoms with Crippen LogP contribution in [-0.2, 0) is 0 Å². The average Bonchev–Trinajstić information content (AvgIpc) is 2.73. The molecule has 0 spiro atoms. The predicted octanol–water partition coefficient (Wildman–Crippen LogP) is 1.32. The van der Waals surface area contributed by atoms with Gasteiger partial charge < -0.3 is 5.32 Å². The van der Waals surface area contributed by atoms with Crippen LogP contribution in [0, 0.1) is 11.3 Å². The molecule has 0 saturated heterocycles. The number of benzene rings is 1. The first-order valence-corrected chi connectivity index (χ1v) is 6.06. The highest BCUT2D eigenvalue weighted by Crippen LogP contribution is 2.25. The van der Waals surface area contributed by atoms with Crippen molar-refractivity contribution in [3.05, 3.63) is 47.4 Å². The van der Waals surface area contributed by atoms with Gasteiger partial charge in [0.1, 0.15) is 11.9 Å². The highest BCUT2D eigenvalue weighted by molar-refractivity contribution is 6.21. The van der Waals surface area contributed by atoms with E-state index in [-0.39, 0.29) is 17.5 Å². The second-order valence-corrected chi connectivity index (χ2v) is 4.45. The summed E-state index contributed by atoms with van der Waals surface area (Å²) in [7, 11) is 1.45. The van der Waals surface area contributed by atoms with Gasteiger partial charge in [-0.25, -0.2) is 9.97 Å². The molecule has 1 aromatic heterocycles. The van der Waals surface area contributed by atoms with Crippen LogP contribution in [0.25, 0.3) is 0 Å². The Morgan fingerprint density at radius 2 is 1.90 bits per heavy atom. The number of aromatic nitrogens is 2. The molecular formula is C14H9N5O2. The van der Waals surface area contributed by atoms with Gasteiger partial charge in [0.05, 0.1) is 23.5 Å². The van der Waals surface area contributed by atoms with Crippen LogP contribution in [0.1, 0.15) is 26.4 Å². The van der Waals surface area contributed by atoms with E-state index in [2.05, 4.69) is 15.3 Å². The minimum Gasteiger partial charge on any atom is -0.339 e. The number of carbonyl (C=O) groups is 2. The zero-order chi connectivity index (χ0) is 15.0. The SMILES string of the molecule is CN1C(=O)c2ccc(Nc3cnc(C#N)cn3)cc2C1=O. The molecule has 3 rings (SSSR count). The van der Waals surface area contributed by atoms with Crippen molar-refractivity contribution in [3.63, 3.8) is 0 Å². The second kappa shape index (κ2) is 4.68. The lowest BCUT2D eigenvalue weighted by Crippen LogP contribution is -2.24. The van der Waals surface area contributed by atoms with Gasteiger partial charge in [0.15, 0.2) is 5.69 Å². The fraction of sp³-hybridized carbons (Fsp3) is 0.0714. The first-order chi connectivity index (χ1) is 10.1. The van der Waals surface area contributed by atoms with Crippen LogP contribution >= 0.6 is 0 Å². The predicted molar refractivity (Wildman–Crippen MR) is 72.9 cm³/mol. The molecule has 1 N–H and O–H groups in total. The van der Waals surface area contributed by atoms with Gasteiger partial charge in [0.2, 0.25) is 0 Å². The minimum absolute atomic E-state index is 0.219. The van der Waals surface area contributed by atoms with E-state index in [4.69, 9.17) is 5.26 Å². The third-order valence-corrected chi connectivity index (χ3v) is 3.13. The van der Waals surface area contributed by atoms with Crippen LogP contribution in [-0.4, -0.2) is 33.7 Å². The van der Waals surface area contributed by atoms with Gasteiger partial charge >= 0.3 is 0 Å². The van der Waals surface area contributed by atoms with Crippen molar-refractivity contribution in [1.29, 1.82) is 5.26 Å². The highest BCUT2D eigenvalue weighted by atomic mass is 16.2. The number of rotatable bonds is 2. The van der Waals surface area contributed by atoms with Crippen molar-refractivity contribution in [2.24, 2.45) is 0 Å². The average molecular weight is 279 g/mol. The number of imide groups is 1. The van der Waals surface area contributed by atoms with Gasteiger partial charge in [-0.3, -0.25) is 14.5 Å². The summed E-state index contributed by atoms with van der Waals surface area (Å²) in [6, 6.07) is 6.75. The summed E-state index contributed by atoms with van der Waals surface area (Å²) >= 11 is 0. The van der Waals surface area contributed by atoms with Gasteiger partial charge in [-0.2, -0.15) is 5.26 Å². The largest absolute Gasteiger partial charge is 0.339 e. The molecular weight excluding hydrogens is 270 g/mol. The van der Waals surface area contributed by atoms with Crippen LogP contribution in [0.15, 0.2) is 30.6 Å². The number of nitriles is 1. The summed E-state index contributed by atoms with van der Waals surface area (Å²) in [6.45, 7) is 0. The second-order valence-electron chi connectivity index (χ2n) is 4.45. The Bertz CT molecular complexity index is 792. The molecule has 0 unspecified atom stereocenters. The summed E-state index contributed by atoms with van der Waals surface area (Å²) in [5, 5.41) is 11.6. The lowest BCUT2D eigenvalue weighted by atomic mass is 10.1. The Kier molecular flexibility index (Phi) is 2.84. The van der Waals surface area contributed by atoms with E-state index in [0.717, 1.165) is 4.90 Å². The van der Waals surface area contributed by atoms with E-state index in [1.165, 1.54) is 19.4 Å². The van der Waals surface area contributed by atoms with Crippen LogP contribution in [0.2, 0.25) is 0 Å². The van der Waals surface area contributed by atoms with E-state index >= 15 is 0 Å². The van der Waals surface area contributed by atoms with Crippen molar-refractivity contribution >= 4 is 23.3 Å². The lowest BCUT2D eigenvalue weighted by Gasteiger charge is -2.06. The molecule has 0 aliphatic carbocycles. The Balaban J connectivity index is 1.90. The lowest BCUT2D eigenvalue weighted by molar-refractivity contribution is 0.0693. The summed E-state index contributed by atoms with van der Waals surface area (Å²) < 4.78 is 0. The number of nitrogens with one attached hydrogen (secondary N) is 1. The standard InChI is InChI=1S/C14H9N5O2/c1-19-13(20)10-3-2-8(4-11(10)14(19)21)18-12-7-16-9(5-15)6-17-12/h2-4,6-7H,1H3,(H,17,18). The fourth-order valence-electron chi connectivity index (χ4n) is 2.04. The van der Waals surface area contributed by atoms with Crippen LogP contribution in [0.5, 0.6) is 0 Å². The third-order valence-electron chi connectivity index (χ3n) is 3.13. The number of fused-ring (bicyclic) bond motifs is 1. The van der Waals surface area contributed by atoms with E-state index in [1.54, 1.807) is 18.2 Å². The summed E-state index contributed by atoms with van der Waals surface area (Å²) in [5.74, 6) is -0.191. The maximum Gasteiger partial charge on any atom is 0.261 e. The molecule has 0 atom stereocenters. The van der Waals surface area contributed by atoms with E-state index in [0.29, 0.717) is 22.6 Å². The molecule has 21 heavy (non-hydrogen) atoms. The molecule has 7 nitrogen and oxygen atoms in total. The van der Waals surface area contributed by atoms with E-state index < -0.39 is 0 Å². The molecule has 0 saturated carbocycles. The van der Waals surface area contributed by atoms with Crippen molar-refractivity contribution in [1.82, 2.24) is 14.9 Å². The van der Waals surface area contributed by atoms with Crippen LogP contribution in [0.4, 0.5) is 11.5 Å². The maximum atomic E-state index is 11.9. The van der Waals surface area contributed by atoms with Gasteiger partial charge in [-0.1, -0.05) is 0 Å². The first-order valence-electron chi connectivity index (χ1n) is 6.06. The molecule has 2 aromatic rings. The normalized spacial score (nSPS) is 13.0. The third kappa shape index (κ3) is 2.08. The zero-order valence-corrected chi connectivity index (χ0v) is 11.0. The van der Waals surface area contributed by atoms with Crippen molar-refractivity contribution in [3.8, 4) is 6.07 Å². The van der Waals surface area contributed by atoms with Gasteiger partial charge in [0.25, 0.3) is 11.8 Å². The monoisotopic (exact) mass is 279 g/mol. The molecule has 0 fully saturated rings. The minimum atomic E-state index is -0.329. The quantitative estimate of drug-likeness (QED) is 0.832. The van der Waals surface area contributed by atoms with Gasteiger partial charge in [-0.05, 0) is 18.2 Å². The number of hydrogen-bond donors (Lipinski definition) is 1. The topological polar surface area (TPSA) is 99.0 Å². The van der Waals surface area contributed by atoms with E-state index in [1.807, 2.05) is 6.07 Å². The first kappa shape index (κ1) is 12.7. The summed E-state index contributed by atoms with van der Waals surface area (Å²) in [4.78, 5) is 32.7. The van der Waals surface area contributed by atoms with Crippen molar-refractivity contribution < 1.29 is 9.59 Å². The maximum absolute atomic E-state index is 11.9. The van der Waals surface area contributed by atoms with Gasteiger partial charge in [-0.15, -0.1) is 0 Å². The molecule has 0 bridgehead atoms. The zero-order valence-electron chi connectivity index (χ0n) is 11.0. The molecule has 1 aliphatic rings. The van der Waals surface area contributed by atoms with Crippen LogP contribution in [0.3, 0.4) is 0 Å². The molecule has 2 heterocycles. The Hall–Kier alpha value is -3.27. The number of nitrogens with zero attached hydrogens (tertiary/aromatic N) is 4. The molecule has 1 aromatic carbocycles. The van der Waals surface area contributed by atoms with Crippen molar-refractivity contribution in [2.75, 3.05) is 12.4 Å². The molecule has 2 amide bonds. The molecule has 7 heteroatoms. The summed E-state index contributed by atoms with van der Waals surface area (Å²) in [6.07, 6.45) is 2.77. The van der Waals surface area contributed by atoms with Crippen LogP contribution < -0.4 is 5.32 Å². The Labute approximate surface area is 119 Å². The molecule has 102 valence electrons. The van der Waals surface area contributed by atoms with Gasteiger partial charge in [0, 0.05) is 12.7 Å². The Morgan fingerprint density at radius 3 is 2.57 bits per heavy atom. The summed E-state index contributed by atoms with van der Waals surface area (Å²) in [5.41, 5.74) is 1.58. The number of hydrogen-bond acceptors (Lipinski definition) is 6. The number of anilines is 2. The molecule has 0 radical (unpaired) electrons. The highest BCUT2D eigenvalue weighted by Gasteiger charge is 2.32. The number of carbonyl (C=O) groups excluding carboxylic acids is 2. The fourth-order valence-corrected chi connectivity index (χ4v) is 2.04. The van der Waals surface area contributed by atoms with E-state index in [9.17, 15) is 9.59 Å². The molecule has 1 aliphatic heterocycles. The Morgan fingerprint density at radius 1 is 1.14 bits per heavy atom.